The minimum absolute atomic E-state index is 0.605. The van der Waals surface area contributed by atoms with E-state index in [4.69, 9.17) is 5.41 Å². The minimum Gasteiger partial charge on any atom is -0.360 e. The van der Waals surface area contributed by atoms with E-state index in [1.165, 1.54) is 27.8 Å². The molecule has 0 heterocycles. The van der Waals surface area contributed by atoms with Crippen LogP contribution in [0.15, 0.2) is 36.4 Å². The van der Waals surface area contributed by atoms with E-state index < -0.39 is 0 Å². The summed E-state index contributed by atoms with van der Waals surface area (Å²) in [5, 5.41) is 8.40. The highest BCUT2D eigenvalue weighted by Gasteiger charge is 2.13. The van der Waals surface area contributed by atoms with Gasteiger partial charge < -0.3 is 4.90 Å². The van der Waals surface area contributed by atoms with Crippen molar-refractivity contribution in [2.45, 2.75) is 34.1 Å². The summed E-state index contributed by atoms with van der Waals surface area (Å²) >= 11 is 0. The van der Waals surface area contributed by atoms with Crippen molar-refractivity contribution >= 4 is 5.84 Å². The number of hydrogen-bond acceptors (Lipinski definition) is 1. The molecule has 2 rings (SSSR count). The van der Waals surface area contributed by atoms with Crippen LogP contribution in [0.3, 0.4) is 0 Å². The van der Waals surface area contributed by atoms with Gasteiger partial charge in [-0.05, 0) is 56.9 Å². The van der Waals surface area contributed by atoms with E-state index >= 15 is 0 Å². The monoisotopic (exact) mass is 294 g/mol. The predicted molar refractivity (Wildman–Crippen MR) is 95.0 cm³/mol. The maximum Gasteiger partial charge on any atom is 0.128 e. The van der Waals surface area contributed by atoms with Gasteiger partial charge in [-0.15, -0.1) is 0 Å². The van der Waals surface area contributed by atoms with Crippen molar-refractivity contribution in [1.29, 1.82) is 5.41 Å². The van der Waals surface area contributed by atoms with Gasteiger partial charge in [0.15, 0.2) is 0 Å². The van der Waals surface area contributed by atoms with Gasteiger partial charge in [0.2, 0.25) is 0 Å². The average molecular weight is 294 g/mol. The van der Waals surface area contributed by atoms with Crippen molar-refractivity contribution in [2.75, 3.05) is 13.6 Å². The van der Waals surface area contributed by atoms with Crippen LogP contribution >= 0.6 is 0 Å². The third-order valence-corrected chi connectivity index (χ3v) is 4.29. The molecule has 0 saturated heterocycles. The highest BCUT2D eigenvalue weighted by molar-refractivity contribution is 5.98. The molecule has 0 aliphatic carbocycles. The van der Waals surface area contributed by atoms with Crippen molar-refractivity contribution in [3.63, 3.8) is 0 Å². The standard InChI is InChI=1S/C20H26N2/c1-6-22(5)20(21)19-12-15(3)11-18(16(19)4)13-17-9-7-14(2)8-10-17/h7-12,21H,6,13H2,1-5H3. The number of rotatable bonds is 4. The Hall–Kier alpha value is -2.09. The van der Waals surface area contributed by atoms with Gasteiger partial charge in [0.25, 0.3) is 0 Å². The lowest BCUT2D eigenvalue weighted by Gasteiger charge is -2.21. The first-order chi connectivity index (χ1) is 10.4. The third-order valence-electron chi connectivity index (χ3n) is 4.29. The molecular weight excluding hydrogens is 268 g/mol. The smallest absolute Gasteiger partial charge is 0.128 e. The van der Waals surface area contributed by atoms with Crippen LogP contribution in [0, 0.1) is 26.2 Å². The van der Waals surface area contributed by atoms with Crippen LogP contribution in [-0.4, -0.2) is 24.3 Å². The van der Waals surface area contributed by atoms with E-state index in [2.05, 4.69) is 64.1 Å². The van der Waals surface area contributed by atoms with Crippen LogP contribution in [0.5, 0.6) is 0 Å². The quantitative estimate of drug-likeness (QED) is 0.653. The van der Waals surface area contributed by atoms with E-state index in [1.807, 2.05) is 11.9 Å². The van der Waals surface area contributed by atoms with Gasteiger partial charge in [0.05, 0.1) is 0 Å². The minimum atomic E-state index is 0.605. The van der Waals surface area contributed by atoms with Gasteiger partial charge in [-0.25, -0.2) is 0 Å². The van der Waals surface area contributed by atoms with E-state index in [1.54, 1.807) is 0 Å². The fourth-order valence-corrected chi connectivity index (χ4v) is 2.65. The number of amidine groups is 1. The van der Waals surface area contributed by atoms with Crippen LogP contribution < -0.4 is 0 Å². The second-order valence-corrected chi connectivity index (χ2v) is 6.12. The van der Waals surface area contributed by atoms with E-state index in [0.29, 0.717) is 5.84 Å². The molecule has 0 saturated carbocycles. The number of hydrogen-bond donors (Lipinski definition) is 1. The maximum atomic E-state index is 8.40. The fraction of sp³-hybridized carbons (Fsp3) is 0.350. The molecule has 0 unspecified atom stereocenters. The van der Waals surface area contributed by atoms with Crippen LogP contribution in [-0.2, 0) is 6.42 Å². The van der Waals surface area contributed by atoms with E-state index in [-0.39, 0.29) is 0 Å². The molecule has 0 bridgehead atoms. The van der Waals surface area contributed by atoms with E-state index in [0.717, 1.165) is 18.5 Å². The van der Waals surface area contributed by atoms with Gasteiger partial charge in [0, 0.05) is 19.2 Å². The first kappa shape index (κ1) is 16.3. The largest absolute Gasteiger partial charge is 0.360 e. The van der Waals surface area contributed by atoms with E-state index in [9.17, 15) is 0 Å². The zero-order chi connectivity index (χ0) is 16.3. The summed E-state index contributed by atoms with van der Waals surface area (Å²) in [6, 6.07) is 13.1. The molecule has 0 fully saturated rings. The van der Waals surface area contributed by atoms with Crippen molar-refractivity contribution in [3.8, 4) is 0 Å². The Morgan fingerprint density at radius 3 is 2.23 bits per heavy atom. The number of nitrogens with zero attached hydrogens (tertiary/aromatic N) is 1. The molecule has 2 heteroatoms. The summed E-state index contributed by atoms with van der Waals surface area (Å²) in [5.41, 5.74) is 7.41. The Kier molecular flexibility index (Phi) is 5.02. The molecular formula is C20H26N2. The molecule has 0 spiro atoms. The lowest BCUT2D eigenvalue weighted by atomic mass is 9.93. The summed E-state index contributed by atoms with van der Waals surface area (Å²) in [7, 11) is 1.98. The second-order valence-electron chi connectivity index (χ2n) is 6.12. The fourth-order valence-electron chi connectivity index (χ4n) is 2.65. The highest BCUT2D eigenvalue weighted by Crippen LogP contribution is 2.21. The molecule has 2 aromatic rings. The van der Waals surface area contributed by atoms with Crippen LogP contribution in [0.25, 0.3) is 0 Å². The summed E-state index contributed by atoms with van der Waals surface area (Å²) in [5.74, 6) is 0.605. The van der Waals surface area contributed by atoms with Crippen LogP contribution in [0.4, 0.5) is 0 Å². The van der Waals surface area contributed by atoms with Gasteiger partial charge in [-0.2, -0.15) is 0 Å². The molecule has 0 amide bonds. The molecule has 0 aliphatic rings. The first-order valence-corrected chi connectivity index (χ1v) is 7.88. The lowest BCUT2D eigenvalue weighted by Crippen LogP contribution is -2.27. The number of benzene rings is 2. The second kappa shape index (κ2) is 6.78. The Morgan fingerprint density at radius 1 is 1.00 bits per heavy atom. The molecule has 0 atom stereocenters. The SMILES string of the molecule is CCN(C)C(=N)c1cc(C)cc(Cc2ccc(C)cc2)c1C. The molecule has 2 aromatic carbocycles. The summed E-state index contributed by atoms with van der Waals surface area (Å²) < 4.78 is 0. The Bertz CT molecular complexity index is 669. The third kappa shape index (κ3) is 3.56. The number of nitrogens with one attached hydrogen (secondary N) is 1. The zero-order valence-corrected chi connectivity index (χ0v) is 14.3. The molecule has 0 aliphatic heterocycles. The van der Waals surface area contributed by atoms with Gasteiger partial charge >= 0.3 is 0 Å². The molecule has 0 radical (unpaired) electrons. The lowest BCUT2D eigenvalue weighted by molar-refractivity contribution is 0.532. The first-order valence-electron chi connectivity index (χ1n) is 7.88. The molecule has 2 nitrogen and oxygen atoms in total. The van der Waals surface area contributed by atoms with Crippen LogP contribution in [0.2, 0.25) is 0 Å². The van der Waals surface area contributed by atoms with Crippen LogP contribution in [0.1, 0.15) is 40.3 Å². The summed E-state index contributed by atoms with van der Waals surface area (Å²) in [4.78, 5) is 1.98. The maximum absolute atomic E-state index is 8.40. The Morgan fingerprint density at radius 2 is 1.64 bits per heavy atom. The Balaban J connectivity index is 2.38. The molecule has 0 aromatic heterocycles. The summed E-state index contributed by atoms with van der Waals surface area (Å²) in [6.45, 7) is 9.28. The van der Waals surface area contributed by atoms with Crippen molar-refractivity contribution in [2.24, 2.45) is 0 Å². The highest BCUT2D eigenvalue weighted by atomic mass is 15.1. The van der Waals surface area contributed by atoms with Crippen molar-refractivity contribution < 1.29 is 0 Å². The van der Waals surface area contributed by atoms with Gasteiger partial charge in [-0.1, -0.05) is 41.5 Å². The van der Waals surface area contributed by atoms with Crippen molar-refractivity contribution in [1.82, 2.24) is 4.90 Å². The normalized spacial score (nSPS) is 10.6. The number of aryl methyl sites for hydroxylation is 2. The topological polar surface area (TPSA) is 27.1 Å². The zero-order valence-electron chi connectivity index (χ0n) is 14.3. The Labute approximate surface area is 134 Å². The summed E-state index contributed by atoms with van der Waals surface area (Å²) in [6.07, 6.45) is 0.921. The molecule has 22 heavy (non-hydrogen) atoms. The van der Waals surface area contributed by atoms with Gasteiger partial charge in [0.1, 0.15) is 5.84 Å². The van der Waals surface area contributed by atoms with Crippen molar-refractivity contribution in [3.05, 3.63) is 69.8 Å². The predicted octanol–water partition coefficient (Wildman–Crippen LogP) is 4.48. The van der Waals surface area contributed by atoms with Gasteiger partial charge in [-0.3, -0.25) is 5.41 Å². The molecule has 1 N–H and O–H groups in total. The average Bonchev–Trinajstić information content (AvgIpc) is 2.51. The molecule has 116 valence electrons.